The molecule has 1 heterocycles. The van der Waals surface area contributed by atoms with Crippen LogP contribution in [0.25, 0.3) is 0 Å². The van der Waals surface area contributed by atoms with E-state index in [4.69, 9.17) is 5.73 Å². The predicted molar refractivity (Wildman–Crippen MR) is 54.7 cm³/mol. The topological polar surface area (TPSA) is 38.9 Å². The van der Waals surface area contributed by atoms with Crippen LogP contribution in [0.1, 0.15) is 50.2 Å². The van der Waals surface area contributed by atoms with Crippen molar-refractivity contribution in [2.75, 3.05) is 5.73 Å². The molecule has 1 aromatic rings. The quantitative estimate of drug-likeness (QED) is 0.767. The van der Waals surface area contributed by atoms with Gasteiger partial charge in [-0.25, -0.2) is 4.98 Å². The molecule has 0 aliphatic rings. The Kier molecular flexibility index (Phi) is 2.73. The van der Waals surface area contributed by atoms with Crippen molar-refractivity contribution >= 4 is 16.3 Å². The molecule has 0 fully saturated rings. The summed E-state index contributed by atoms with van der Waals surface area (Å²) in [4.78, 5) is 4.50. The summed E-state index contributed by atoms with van der Waals surface area (Å²) in [6.45, 7) is 8.52. The minimum absolute atomic E-state index is 0.439. The van der Waals surface area contributed by atoms with Crippen molar-refractivity contribution in [1.29, 1.82) is 0 Å². The third-order valence-corrected chi connectivity index (χ3v) is 2.94. The first-order chi connectivity index (χ1) is 5.52. The van der Waals surface area contributed by atoms with Crippen LogP contribution in [0.2, 0.25) is 0 Å². The van der Waals surface area contributed by atoms with Gasteiger partial charge < -0.3 is 5.73 Å². The summed E-state index contributed by atoms with van der Waals surface area (Å²) in [5.74, 6) is 0.929. The van der Waals surface area contributed by atoms with E-state index in [2.05, 4.69) is 32.7 Å². The zero-order chi connectivity index (χ0) is 9.30. The Morgan fingerprint density at radius 3 is 2.00 bits per heavy atom. The van der Waals surface area contributed by atoms with Gasteiger partial charge in [-0.15, -0.1) is 11.3 Å². The largest absolute Gasteiger partial charge is 0.389 e. The summed E-state index contributed by atoms with van der Waals surface area (Å²) in [5, 5.41) is 2.03. The summed E-state index contributed by atoms with van der Waals surface area (Å²) in [6.07, 6.45) is 0. The molecular formula is C9H16N2S. The molecule has 12 heavy (non-hydrogen) atoms. The van der Waals surface area contributed by atoms with Gasteiger partial charge >= 0.3 is 0 Å². The van der Waals surface area contributed by atoms with E-state index >= 15 is 0 Å². The monoisotopic (exact) mass is 184 g/mol. The number of nitrogens with two attached hydrogens (primary N) is 1. The Bertz CT molecular complexity index is 263. The van der Waals surface area contributed by atoms with Crippen molar-refractivity contribution in [1.82, 2.24) is 4.98 Å². The zero-order valence-electron chi connectivity index (χ0n) is 8.09. The summed E-state index contributed by atoms with van der Waals surface area (Å²) >= 11 is 1.62. The first-order valence-corrected chi connectivity index (χ1v) is 5.10. The van der Waals surface area contributed by atoms with E-state index in [9.17, 15) is 0 Å². The molecule has 1 aromatic heterocycles. The Labute approximate surface area is 77.8 Å². The first-order valence-electron chi connectivity index (χ1n) is 4.28. The van der Waals surface area contributed by atoms with E-state index in [-0.39, 0.29) is 0 Å². The SMILES string of the molecule is CC(C)c1nc(C(C)C)c(N)s1. The molecule has 0 spiro atoms. The summed E-state index contributed by atoms with van der Waals surface area (Å²) in [6, 6.07) is 0. The van der Waals surface area contributed by atoms with E-state index < -0.39 is 0 Å². The van der Waals surface area contributed by atoms with E-state index in [1.54, 1.807) is 11.3 Å². The molecule has 1 rings (SSSR count). The highest BCUT2D eigenvalue weighted by atomic mass is 32.1. The number of hydrogen-bond acceptors (Lipinski definition) is 3. The fourth-order valence-corrected chi connectivity index (χ4v) is 2.01. The predicted octanol–water partition coefficient (Wildman–Crippen LogP) is 2.97. The lowest BCUT2D eigenvalue weighted by molar-refractivity contribution is 0.794. The lowest BCUT2D eigenvalue weighted by atomic mass is 10.1. The van der Waals surface area contributed by atoms with Gasteiger partial charge in [0.15, 0.2) is 0 Å². The smallest absolute Gasteiger partial charge is 0.110 e. The standard InChI is InChI=1S/C9H16N2S/c1-5(2)7-8(10)12-9(11-7)6(3)4/h5-6H,10H2,1-4H3. The van der Waals surface area contributed by atoms with Gasteiger partial charge in [-0.05, 0) is 5.92 Å². The van der Waals surface area contributed by atoms with Crippen LogP contribution in [0.4, 0.5) is 5.00 Å². The molecule has 0 amide bonds. The van der Waals surface area contributed by atoms with Gasteiger partial charge in [0.05, 0.1) is 10.7 Å². The highest BCUT2D eigenvalue weighted by Gasteiger charge is 2.13. The van der Waals surface area contributed by atoms with Crippen molar-refractivity contribution in [3.8, 4) is 0 Å². The molecule has 2 N–H and O–H groups in total. The van der Waals surface area contributed by atoms with Crippen LogP contribution >= 0.6 is 11.3 Å². The van der Waals surface area contributed by atoms with Crippen molar-refractivity contribution in [3.63, 3.8) is 0 Å². The maximum Gasteiger partial charge on any atom is 0.110 e. The number of nitrogen functional groups attached to an aromatic ring is 1. The van der Waals surface area contributed by atoms with Crippen LogP contribution < -0.4 is 5.73 Å². The Hall–Kier alpha value is -0.570. The number of nitrogens with zero attached hydrogens (tertiary/aromatic N) is 1. The fourth-order valence-electron chi connectivity index (χ4n) is 1.02. The average molecular weight is 184 g/mol. The summed E-state index contributed by atoms with van der Waals surface area (Å²) in [5.41, 5.74) is 6.90. The molecule has 68 valence electrons. The molecule has 0 aromatic carbocycles. The number of thiazole rings is 1. The van der Waals surface area contributed by atoms with Gasteiger partial charge in [-0.3, -0.25) is 0 Å². The third kappa shape index (κ3) is 1.78. The fraction of sp³-hybridized carbons (Fsp3) is 0.667. The molecule has 0 atom stereocenters. The van der Waals surface area contributed by atoms with Crippen molar-refractivity contribution in [2.24, 2.45) is 0 Å². The minimum Gasteiger partial charge on any atom is -0.389 e. The highest BCUT2D eigenvalue weighted by molar-refractivity contribution is 7.15. The summed E-state index contributed by atoms with van der Waals surface area (Å²) < 4.78 is 0. The van der Waals surface area contributed by atoms with Gasteiger partial charge in [-0.1, -0.05) is 27.7 Å². The second-order valence-electron chi connectivity index (χ2n) is 3.61. The summed E-state index contributed by atoms with van der Waals surface area (Å²) in [7, 11) is 0. The highest BCUT2D eigenvalue weighted by Crippen LogP contribution is 2.30. The third-order valence-electron chi connectivity index (χ3n) is 1.74. The van der Waals surface area contributed by atoms with Crippen molar-refractivity contribution < 1.29 is 0 Å². The molecular weight excluding hydrogens is 168 g/mol. The lowest BCUT2D eigenvalue weighted by Gasteiger charge is -2.00. The van der Waals surface area contributed by atoms with Crippen LogP contribution in [0.15, 0.2) is 0 Å². The second kappa shape index (κ2) is 3.44. The van der Waals surface area contributed by atoms with Gasteiger partial charge in [-0.2, -0.15) is 0 Å². The first kappa shape index (κ1) is 9.52. The van der Waals surface area contributed by atoms with E-state index in [1.165, 1.54) is 0 Å². The van der Waals surface area contributed by atoms with Crippen molar-refractivity contribution in [3.05, 3.63) is 10.7 Å². The molecule has 0 unspecified atom stereocenters. The van der Waals surface area contributed by atoms with Crippen LogP contribution in [0.3, 0.4) is 0 Å². The van der Waals surface area contributed by atoms with Crippen LogP contribution in [-0.2, 0) is 0 Å². The number of anilines is 1. The van der Waals surface area contributed by atoms with E-state index in [1.807, 2.05) is 0 Å². The Morgan fingerprint density at radius 2 is 1.75 bits per heavy atom. The molecule has 0 aliphatic carbocycles. The lowest BCUT2D eigenvalue weighted by Crippen LogP contribution is -1.94. The number of aromatic nitrogens is 1. The Balaban J connectivity index is 3.00. The van der Waals surface area contributed by atoms with Gasteiger partial charge in [0.1, 0.15) is 5.00 Å². The van der Waals surface area contributed by atoms with E-state index in [0.29, 0.717) is 11.8 Å². The molecule has 0 aliphatic heterocycles. The average Bonchev–Trinajstić information content (AvgIpc) is 2.30. The molecule has 0 saturated heterocycles. The second-order valence-corrected chi connectivity index (χ2v) is 4.67. The molecule has 2 nitrogen and oxygen atoms in total. The normalized spacial score (nSPS) is 11.5. The molecule has 0 saturated carbocycles. The van der Waals surface area contributed by atoms with Crippen LogP contribution in [0.5, 0.6) is 0 Å². The minimum atomic E-state index is 0.439. The number of rotatable bonds is 2. The zero-order valence-corrected chi connectivity index (χ0v) is 8.90. The van der Waals surface area contributed by atoms with Gasteiger partial charge in [0.25, 0.3) is 0 Å². The van der Waals surface area contributed by atoms with Gasteiger partial charge in [0, 0.05) is 5.92 Å². The van der Waals surface area contributed by atoms with Gasteiger partial charge in [0.2, 0.25) is 0 Å². The van der Waals surface area contributed by atoms with Crippen molar-refractivity contribution in [2.45, 2.75) is 39.5 Å². The van der Waals surface area contributed by atoms with Crippen LogP contribution in [-0.4, -0.2) is 4.98 Å². The maximum absolute atomic E-state index is 5.84. The Morgan fingerprint density at radius 1 is 1.17 bits per heavy atom. The molecule has 0 radical (unpaired) electrons. The molecule has 0 bridgehead atoms. The van der Waals surface area contributed by atoms with E-state index in [0.717, 1.165) is 15.7 Å². The van der Waals surface area contributed by atoms with Crippen LogP contribution in [0, 0.1) is 0 Å². The maximum atomic E-state index is 5.84. The number of hydrogen-bond donors (Lipinski definition) is 1. The molecule has 3 heteroatoms.